The molecule has 0 amide bonds. The number of nitrogens with one attached hydrogen (secondary N) is 1. The summed E-state index contributed by atoms with van der Waals surface area (Å²) in [7, 11) is 1.90. The van der Waals surface area contributed by atoms with Gasteiger partial charge in [-0.25, -0.2) is 9.97 Å². The molecule has 0 saturated heterocycles. The molecule has 0 aliphatic heterocycles. The molecule has 1 heterocycles. The summed E-state index contributed by atoms with van der Waals surface area (Å²) < 4.78 is 0. The van der Waals surface area contributed by atoms with Gasteiger partial charge in [-0.15, -0.1) is 0 Å². The SMILES string of the molecule is CNc1cc(C2CCCC2)nc(Cc2ccccc2Cl)n1. The van der Waals surface area contributed by atoms with E-state index in [-0.39, 0.29) is 0 Å². The molecule has 21 heavy (non-hydrogen) atoms. The van der Waals surface area contributed by atoms with Crippen LogP contribution in [0.4, 0.5) is 5.82 Å². The van der Waals surface area contributed by atoms with Crippen molar-refractivity contribution in [3.63, 3.8) is 0 Å². The van der Waals surface area contributed by atoms with Gasteiger partial charge in [0.25, 0.3) is 0 Å². The van der Waals surface area contributed by atoms with Crippen LogP contribution in [0, 0.1) is 0 Å². The lowest BCUT2D eigenvalue weighted by atomic mass is 10.0. The van der Waals surface area contributed by atoms with Crippen LogP contribution in [0.2, 0.25) is 5.02 Å². The second-order valence-electron chi connectivity index (χ2n) is 5.59. The predicted molar refractivity (Wildman–Crippen MR) is 87.0 cm³/mol. The van der Waals surface area contributed by atoms with Gasteiger partial charge in [0.05, 0.1) is 0 Å². The monoisotopic (exact) mass is 301 g/mol. The number of hydrogen-bond donors (Lipinski definition) is 1. The van der Waals surface area contributed by atoms with E-state index in [4.69, 9.17) is 16.6 Å². The molecule has 1 aromatic carbocycles. The van der Waals surface area contributed by atoms with Gasteiger partial charge < -0.3 is 5.32 Å². The number of hydrogen-bond acceptors (Lipinski definition) is 3. The van der Waals surface area contributed by atoms with Gasteiger partial charge in [0, 0.05) is 36.2 Å². The minimum Gasteiger partial charge on any atom is -0.373 e. The van der Waals surface area contributed by atoms with Crippen molar-refractivity contribution in [3.8, 4) is 0 Å². The molecule has 0 unspecified atom stereocenters. The molecular weight excluding hydrogens is 282 g/mol. The zero-order chi connectivity index (χ0) is 14.7. The van der Waals surface area contributed by atoms with Crippen molar-refractivity contribution >= 4 is 17.4 Å². The fourth-order valence-electron chi connectivity index (χ4n) is 2.97. The van der Waals surface area contributed by atoms with Gasteiger partial charge >= 0.3 is 0 Å². The molecule has 1 fully saturated rings. The maximum Gasteiger partial charge on any atom is 0.135 e. The Balaban J connectivity index is 1.90. The van der Waals surface area contributed by atoms with Crippen molar-refractivity contribution in [2.24, 2.45) is 0 Å². The zero-order valence-electron chi connectivity index (χ0n) is 12.3. The van der Waals surface area contributed by atoms with Crippen LogP contribution in [0.5, 0.6) is 0 Å². The Labute approximate surface area is 130 Å². The standard InChI is InChI=1S/C17H20ClN3/c1-19-16-11-15(12-6-2-3-7-12)20-17(21-16)10-13-8-4-5-9-14(13)18/h4-5,8-9,11-12H,2-3,6-7,10H2,1H3,(H,19,20,21). The van der Waals surface area contributed by atoms with Crippen LogP contribution < -0.4 is 5.32 Å². The van der Waals surface area contributed by atoms with E-state index in [0.717, 1.165) is 22.2 Å². The molecule has 1 aromatic heterocycles. The summed E-state index contributed by atoms with van der Waals surface area (Å²) >= 11 is 6.24. The summed E-state index contributed by atoms with van der Waals surface area (Å²) in [5, 5.41) is 3.92. The second-order valence-corrected chi connectivity index (χ2v) is 6.00. The molecule has 1 aliphatic rings. The first kappa shape index (κ1) is 14.3. The fraction of sp³-hybridized carbons (Fsp3) is 0.412. The van der Waals surface area contributed by atoms with Gasteiger partial charge in [0.2, 0.25) is 0 Å². The summed E-state index contributed by atoms with van der Waals surface area (Å²) in [4.78, 5) is 9.37. The summed E-state index contributed by atoms with van der Waals surface area (Å²) in [6.07, 6.45) is 5.78. The number of benzene rings is 1. The first-order valence-corrected chi connectivity index (χ1v) is 7.93. The zero-order valence-corrected chi connectivity index (χ0v) is 13.0. The van der Waals surface area contributed by atoms with Crippen LogP contribution in [0.1, 0.15) is 48.7 Å². The van der Waals surface area contributed by atoms with Crippen molar-refractivity contribution in [1.82, 2.24) is 9.97 Å². The predicted octanol–water partition coefficient (Wildman–Crippen LogP) is 4.42. The highest BCUT2D eigenvalue weighted by molar-refractivity contribution is 6.31. The molecule has 3 rings (SSSR count). The number of anilines is 1. The lowest BCUT2D eigenvalue weighted by Crippen LogP contribution is -2.07. The van der Waals surface area contributed by atoms with Gasteiger partial charge in [-0.3, -0.25) is 0 Å². The number of rotatable bonds is 4. The Hall–Kier alpha value is -1.61. The third kappa shape index (κ3) is 3.35. The van der Waals surface area contributed by atoms with Crippen LogP contribution in [-0.2, 0) is 6.42 Å². The summed E-state index contributed by atoms with van der Waals surface area (Å²) in [5.74, 6) is 2.33. The quantitative estimate of drug-likeness (QED) is 0.908. The van der Waals surface area contributed by atoms with Crippen molar-refractivity contribution in [1.29, 1.82) is 0 Å². The highest BCUT2D eigenvalue weighted by Crippen LogP contribution is 2.34. The third-order valence-corrected chi connectivity index (χ3v) is 4.50. The molecule has 1 saturated carbocycles. The highest BCUT2D eigenvalue weighted by Gasteiger charge is 2.20. The molecule has 1 aliphatic carbocycles. The van der Waals surface area contributed by atoms with Crippen LogP contribution in [-0.4, -0.2) is 17.0 Å². The maximum atomic E-state index is 6.24. The van der Waals surface area contributed by atoms with Crippen LogP contribution in [0.15, 0.2) is 30.3 Å². The average Bonchev–Trinajstić information content (AvgIpc) is 3.04. The number of aromatic nitrogens is 2. The first-order chi connectivity index (χ1) is 10.3. The summed E-state index contributed by atoms with van der Waals surface area (Å²) in [6, 6.07) is 9.98. The highest BCUT2D eigenvalue weighted by atomic mass is 35.5. The lowest BCUT2D eigenvalue weighted by Gasteiger charge is -2.12. The molecule has 4 heteroatoms. The first-order valence-electron chi connectivity index (χ1n) is 7.55. The van der Waals surface area contributed by atoms with E-state index in [9.17, 15) is 0 Å². The van der Waals surface area contributed by atoms with Crippen molar-refractivity contribution in [2.45, 2.75) is 38.0 Å². The van der Waals surface area contributed by atoms with Crippen LogP contribution in [0.3, 0.4) is 0 Å². The number of nitrogens with zero attached hydrogens (tertiary/aromatic N) is 2. The molecule has 0 atom stereocenters. The minimum atomic E-state index is 0.588. The van der Waals surface area contributed by atoms with Gasteiger partial charge in [-0.1, -0.05) is 42.6 Å². The van der Waals surface area contributed by atoms with Gasteiger partial charge in [0.1, 0.15) is 11.6 Å². The summed E-state index contributed by atoms with van der Waals surface area (Å²) in [6.45, 7) is 0. The molecule has 2 aromatic rings. The topological polar surface area (TPSA) is 37.8 Å². The van der Waals surface area contributed by atoms with E-state index < -0.39 is 0 Å². The van der Waals surface area contributed by atoms with Crippen LogP contribution in [0.25, 0.3) is 0 Å². The minimum absolute atomic E-state index is 0.588. The normalized spacial score (nSPS) is 15.3. The van der Waals surface area contributed by atoms with Crippen LogP contribution >= 0.6 is 11.6 Å². The third-order valence-electron chi connectivity index (χ3n) is 4.13. The molecule has 0 bridgehead atoms. The molecule has 3 nitrogen and oxygen atoms in total. The van der Waals surface area contributed by atoms with Gasteiger partial charge in [-0.2, -0.15) is 0 Å². The van der Waals surface area contributed by atoms with E-state index in [0.29, 0.717) is 12.3 Å². The Bertz CT molecular complexity index is 621. The lowest BCUT2D eigenvalue weighted by molar-refractivity contribution is 0.686. The average molecular weight is 302 g/mol. The Morgan fingerprint density at radius 1 is 1.19 bits per heavy atom. The summed E-state index contributed by atoms with van der Waals surface area (Å²) in [5.41, 5.74) is 2.25. The molecule has 110 valence electrons. The van der Waals surface area contributed by atoms with E-state index in [1.165, 1.54) is 31.4 Å². The fourth-order valence-corrected chi connectivity index (χ4v) is 3.17. The maximum absolute atomic E-state index is 6.24. The smallest absolute Gasteiger partial charge is 0.135 e. The Morgan fingerprint density at radius 2 is 1.95 bits per heavy atom. The second kappa shape index (κ2) is 6.44. The van der Waals surface area contributed by atoms with E-state index >= 15 is 0 Å². The molecule has 0 spiro atoms. The number of halogens is 1. The van der Waals surface area contributed by atoms with Crippen molar-refractivity contribution in [3.05, 3.63) is 52.4 Å². The molecule has 1 N–H and O–H groups in total. The van der Waals surface area contributed by atoms with E-state index in [1.807, 2.05) is 31.3 Å². The van der Waals surface area contributed by atoms with Crippen molar-refractivity contribution < 1.29 is 0 Å². The molecule has 0 radical (unpaired) electrons. The largest absolute Gasteiger partial charge is 0.373 e. The Kier molecular flexibility index (Phi) is 4.39. The van der Waals surface area contributed by atoms with E-state index in [1.54, 1.807) is 0 Å². The Morgan fingerprint density at radius 3 is 2.67 bits per heavy atom. The van der Waals surface area contributed by atoms with Gasteiger partial charge in [0.15, 0.2) is 0 Å². The molecular formula is C17H20ClN3. The van der Waals surface area contributed by atoms with E-state index in [2.05, 4.69) is 16.4 Å². The van der Waals surface area contributed by atoms with Gasteiger partial charge in [-0.05, 0) is 24.5 Å². The van der Waals surface area contributed by atoms with Crippen molar-refractivity contribution in [2.75, 3.05) is 12.4 Å².